The van der Waals surface area contributed by atoms with Crippen LogP contribution in [-0.2, 0) is 6.42 Å². The van der Waals surface area contributed by atoms with Crippen LogP contribution in [-0.4, -0.2) is 17.1 Å². The van der Waals surface area contributed by atoms with Crippen LogP contribution in [0.4, 0.5) is 0 Å². The molecule has 22 heavy (non-hydrogen) atoms. The average molecular weight is 292 g/mol. The van der Waals surface area contributed by atoms with Crippen molar-refractivity contribution in [1.82, 2.24) is 9.97 Å². The zero-order valence-electron chi connectivity index (χ0n) is 12.6. The van der Waals surface area contributed by atoms with Gasteiger partial charge in [-0.25, -0.2) is 4.98 Å². The van der Waals surface area contributed by atoms with Crippen LogP contribution in [0.15, 0.2) is 40.8 Å². The van der Waals surface area contributed by atoms with Gasteiger partial charge in [0.1, 0.15) is 17.2 Å². The number of hydrogen-bond acceptors (Lipinski definition) is 4. The highest BCUT2D eigenvalue weighted by Gasteiger charge is 2.24. The van der Waals surface area contributed by atoms with Gasteiger partial charge in [0.2, 0.25) is 5.88 Å². The first kappa shape index (κ1) is 13.1. The van der Waals surface area contributed by atoms with Gasteiger partial charge in [0.25, 0.3) is 0 Å². The molecular weight excluding hydrogens is 276 g/mol. The number of fused-ring (bicyclic) bond motifs is 2. The van der Waals surface area contributed by atoms with E-state index in [2.05, 4.69) is 28.2 Å². The molecule has 3 aromatic rings. The Morgan fingerprint density at radius 1 is 1.18 bits per heavy atom. The Kier molecular flexibility index (Phi) is 2.96. The van der Waals surface area contributed by atoms with Crippen molar-refractivity contribution in [2.24, 2.45) is 0 Å². The highest BCUT2D eigenvalue weighted by Crippen LogP contribution is 2.38. The van der Waals surface area contributed by atoms with Crippen LogP contribution in [0.3, 0.4) is 0 Å². The van der Waals surface area contributed by atoms with Crippen LogP contribution in [0.1, 0.15) is 29.3 Å². The summed E-state index contributed by atoms with van der Waals surface area (Å²) in [5.41, 5.74) is 3.90. The summed E-state index contributed by atoms with van der Waals surface area (Å²) in [5, 5.41) is 1.09. The number of aromatic nitrogens is 2. The maximum atomic E-state index is 6.01. The molecular formula is C18H16N2O2. The monoisotopic (exact) mass is 292 g/mol. The van der Waals surface area contributed by atoms with Gasteiger partial charge < -0.3 is 9.15 Å². The molecule has 0 amide bonds. The highest BCUT2D eigenvalue weighted by atomic mass is 16.5. The fourth-order valence-corrected chi connectivity index (χ4v) is 3.00. The number of para-hydroxylation sites is 1. The molecule has 1 aromatic carbocycles. The Balaban J connectivity index is 1.92. The minimum absolute atomic E-state index is 0.619. The molecule has 1 aliphatic carbocycles. The third-order valence-electron chi connectivity index (χ3n) is 3.95. The number of methoxy groups -OCH3 is 1. The van der Waals surface area contributed by atoms with E-state index in [1.807, 2.05) is 25.1 Å². The lowest BCUT2D eigenvalue weighted by Gasteiger charge is -2.18. The van der Waals surface area contributed by atoms with Crippen molar-refractivity contribution in [2.45, 2.75) is 19.8 Å². The third-order valence-corrected chi connectivity index (χ3v) is 3.95. The number of allylic oxidation sites excluding steroid dienone is 1. The maximum absolute atomic E-state index is 6.01. The van der Waals surface area contributed by atoms with Crippen LogP contribution in [0.5, 0.6) is 5.88 Å². The van der Waals surface area contributed by atoms with Gasteiger partial charge in [-0.1, -0.05) is 24.3 Å². The Bertz CT molecular complexity index is 860. The van der Waals surface area contributed by atoms with E-state index in [0.717, 1.165) is 52.2 Å². The Labute approximate surface area is 128 Å². The van der Waals surface area contributed by atoms with Crippen molar-refractivity contribution >= 4 is 16.5 Å². The largest absolute Gasteiger partial charge is 0.480 e. The second-order valence-electron chi connectivity index (χ2n) is 5.41. The molecule has 0 fully saturated rings. The molecule has 4 rings (SSSR count). The van der Waals surface area contributed by atoms with Gasteiger partial charge in [0, 0.05) is 11.0 Å². The molecule has 0 saturated carbocycles. The predicted molar refractivity (Wildman–Crippen MR) is 84.9 cm³/mol. The van der Waals surface area contributed by atoms with Gasteiger partial charge in [-0.2, -0.15) is 4.98 Å². The lowest BCUT2D eigenvalue weighted by atomic mass is 9.93. The first-order valence-electron chi connectivity index (χ1n) is 7.37. The normalized spacial score (nSPS) is 13.8. The predicted octanol–water partition coefficient (Wildman–Crippen LogP) is 3.92. The Morgan fingerprint density at radius 2 is 2.05 bits per heavy atom. The van der Waals surface area contributed by atoms with Gasteiger partial charge in [-0.3, -0.25) is 0 Å². The zero-order valence-corrected chi connectivity index (χ0v) is 12.6. The van der Waals surface area contributed by atoms with E-state index in [-0.39, 0.29) is 0 Å². The molecule has 0 atom stereocenters. The average Bonchev–Trinajstić information content (AvgIpc) is 2.97. The first-order chi connectivity index (χ1) is 10.8. The molecule has 2 aromatic heterocycles. The fraction of sp³-hybridized carbons (Fsp3) is 0.222. The van der Waals surface area contributed by atoms with Crippen molar-refractivity contribution < 1.29 is 9.15 Å². The topological polar surface area (TPSA) is 48.2 Å². The molecule has 4 heteroatoms. The van der Waals surface area contributed by atoms with E-state index >= 15 is 0 Å². The minimum Gasteiger partial charge on any atom is -0.480 e. The fourth-order valence-electron chi connectivity index (χ4n) is 3.00. The lowest BCUT2D eigenvalue weighted by molar-refractivity contribution is 0.392. The summed E-state index contributed by atoms with van der Waals surface area (Å²) >= 11 is 0. The summed E-state index contributed by atoms with van der Waals surface area (Å²) in [6.45, 7) is 1.89. The maximum Gasteiger partial charge on any atom is 0.224 e. The number of hydrogen-bond donors (Lipinski definition) is 0. The Hall–Kier alpha value is -2.62. The molecule has 4 nitrogen and oxygen atoms in total. The summed E-state index contributed by atoms with van der Waals surface area (Å²) in [5.74, 6) is 2.20. The van der Waals surface area contributed by atoms with E-state index in [0.29, 0.717) is 5.88 Å². The van der Waals surface area contributed by atoms with Gasteiger partial charge in [-0.05, 0) is 31.9 Å². The molecule has 0 radical (unpaired) electrons. The zero-order chi connectivity index (χ0) is 15.1. The molecule has 0 aliphatic heterocycles. The van der Waals surface area contributed by atoms with Crippen LogP contribution in [0.2, 0.25) is 0 Å². The minimum atomic E-state index is 0.619. The summed E-state index contributed by atoms with van der Waals surface area (Å²) < 4.78 is 11.5. The van der Waals surface area contributed by atoms with Crippen molar-refractivity contribution in [3.8, 4) is 5.88 Å². The van der Waals surface area contributed by atoms with Gasteiger partial charge >= 0.3 is 0 Å². The smallest absolute Gasteiger partial charge is 0.224 e. The number of nitrogens with zero attached hydrogens (tertiary/aromatic N) is 2. The van der Waals surface area contributed by atoms with Gasteiger partial charge in [-0.15, -0.1) is 0 Å². The molecule has 0 bridgehead atoms. The quantitative estimate of drug-likeness (QED) is 0.718. The standard InChI is InChI=1S/C18H16N2O2/c1-11-19-14-8-5-7-13(17(14)18(20-11)21-2)16-10-12-6-3-4-9-15(12)22-16/h3-4,6-7,9-10H,5,8H2,1-2H3. The molecule has 0 unspecified atom stereocenters. The molecule has 1 aliphatic rings. The van der Waals surface area contributed by atoms with E-state index in [1.165, 1.54) is 0 Å². The number of aryl methyl sites for hydroxylation is 2. The first-order valence-corrected chi connectivity index (χ1v) is 7.37. The van der Waals surface area contributed by atoms with E-state index in [4.69, 9.17) is 9.15 Å². The second kappa shape index (κ2) is 4.98. The third kappa shape index (κ3) is 1.99. The summed E-state index contributed by atoms with van der Waals surface area (Å²) in [6, 6.07) is 10.1. The number of furan rings is 1. The molecule has 110 valence electrons. The highest BCUT2D eigenvalue weighted by molar-refractivity contribution is 5.88. The summed E-state index contributed by atoms with van der Waals surface area (Å²) in [4.78, 5) is 9.00. The SMILES string of the molecule is COc1nc(C)nc2c1C(c1cc3ccccc3o1)=CCC2. The van der Waals surface area contributed by atoms with E-state index in [9.17, 15) is 0 Å². The number of ether oxygens (including phenoxy) is 1. The van der Waals surface area contributed by atoms with Crippen LogP contribution >= 0.6 is 0 Å². The van der Waals surface area contributed by atoms with Crippen LogP contribution in [0, 0.1) is 6.92 Å². The van der Waals surface area contributed by atoms with Gasteiger partial charge in [0.05, 0.1) is 18.4 Å². The molecule has 0 spiro atoms. The summed E-state index contributed by atoms with van der Waals surface area (Å²) in [7, 11) is 1.65. The van der Waals surface area contributed by atoms with Crippen molar-refractivity contribution in [1.29, 1.82) is 0 Å². The number of rotatable bonds is 2. The van der Waals surface area contributed by atoms with Crippen molar-refractivity contribution in [2.75, 3.05) is 7.11 Å². The van der Waals surface area contributed by atoms with E-state index in [1.54, 1.807) is 7.11 Å². The Morgan fingerprint density at radius 3 is 2.86 bits per heavy atom. The van der Waals surface area contributed by atoms with Crippen molar-refractivity contribution in [3.63, 3.8) is 0 Å². The molecule has 2 heterocycles. The lowest BCUT2D eigenvalue weighted by Crippen LogP contribution is -2.09. The van der Waals surface area contributed by atoms with Crippen LogP contribution < -0.4 is 4.74 Å². The van der Waals surface area contributed by atoms with Crippen molar-refractivity contribution in [3.05, 3.63) is 59.2 Å². The molecule has 0 N–H and O–H groups in total. The van der Waals surface area contributed by atoms with E-state index < -0.39 is 0 Å². The number of benzene rings is 1. The van der Waals surface area contributed by atoms with Crippen LogP contribution in [0.25, 0.3) is 16.5 Å². The molecule has 0 saturated heterocycles. The summed E-state index contributed by atoms with van der Waals surface area (Å²) in [6.07, 6.45) is 4.03. The van der Waals surface area contributed by atoms with Gasteiger partial charge in [0.15, 0.2) is 0 Å². The second-order valence-corrected chi connectivity index (χ2v) is 5.41.